The summed E-state index contributed by atoms with van der Waals surface area (Å²) in [4.78, 5) is 15.5. The number of rotatable bonds is 5. The lowest BCUT2D eigenvalue weighted by atomic mass is 9.93. The largest absolute Gasteiger partial charge is 0.292 e. The number of carbonyl (C=O) groups is 1. The molecule has 1 fully saturated rings. The summed E-state index contributed by atoms with van der Waals surface area (Å²) in [5.41, 5.74) is 6.57. The highest BCUT2D eigenvalue weighted by Gasteiger charge is 2.27. The molecule has 0 radical (unpaired) electrons. The van der Waals surface area contributed by atoms with Crippen molar-refractivity contribution in [2.45, 2.75) is 46.6 Å². The average Bonchev–Trinajstić information content (AvgIpc) is 2.71. The maximum atomic E-state index is 13.2. The predicted octanol–water partition coefficient (Wildman–Crippen LogP) is 5.57. The van der Waals surface area contributed by atoms with Gasteiger partial charge in [0.2, 0.25) is 0 Å². The zero-order valence-corrected chi connectivity index (χ0v) is 17.5. The van der Waals surface area contributed by atoms with Crippen LogP contribution in [0.2, 0.25) is 0 Å². The van der Waals surface area contributed by atoms with Crippen molar-refractivity contribution < 1.29 is 4.79 Å². The van der Waals surface area contributed by atoms with Crippen molar-refractivity contribution in [3.8, 4) is 0 Å². The Labute approximate surface area is 169 Å². The molecule has 0 amide bonds. The fourth-order valence-electron chi connectivity index (χ4n) is 3.53. The molecule has 2 nitrogen and oxygen atoms in total. The minimum atomic E-state index is 0.177. The van der Waals surface area contributed by atoms with Crippen LogP contribution in [0.4, 0.5) is 0 Å². The minimum absolute atomic E-state index is 0.177. The van der Waals surface area contributed by atoms with E-state index >= 15 is 0 Å². The van der Waals surface area contributed by atoms with Crippen LogP contribution in [-0.2, 0) is 17.6 Å². The number of carbonyl (C=O) groups excluding carboxylic acids is 1. The molecule has 0 aliphatic carbocycles. The van der Waals surface area contributed by atoms with E-state index in [1.165, 1.54) is 11.1 Å². The van der Waals surface area contributed by atoms with Gasteiger partial charge in [-0.3, -0.25) is 9.69 Å². The van der Waals surface area contributed by atoms with Gasteiger partial charge in [0.1, 0.15) is 0 Å². The molecule has 0 bridgehead atoms. The van der Waals surface area contributed by atoms with E-state index in [4.69, 9.17) is 0 Å². The molecule has 0 spiro atoms. The summed E-state index contributed by atoms with van der Waals surface area (Å²) in [6.07, 6.45) is 6.18. The van der Waals surface area contributed by atoms with E-state index in [0.29, 0.717) is 19.1 Å². The van der Waals surface area contributed by atoms with Gasteiger partial charge in [-0.2, -0.15) is 0 Å². The molecule has 0 saturated carbocycles. The fourth-order valence-corrected chi connectivity index (χ4v) is 3.53. The number of aryl methyl sites for hydroxylation is 2. The quantitative estimate of drug-likeness (QED) is 0.639. The van der Waals surface area contributed by atoms with Crippen molar-refractivity contribution in [2.75, 3.05) is 13.1 Å². The molecule has 1 aliphatic heterocycles. The highest BCUT2D eigenvalue weighted by molar-refractivity contribution is 6.14. The van der Waals surface area contributed by atoms with Gasteiger partial charge in [0.25, 0.3) is 0 Å². The van der Waals surface area contributed by atoms with Crippen molar-refractivity contribution in [2.24, 2.45) is 0 Å². The zero-order valence-electron chi connectivity index (χ0n) is 17.5. The molecule has 1 saturated heterocycles. The third-order valence-electron chi connectivity index (χ3n) is 5.52. The molecular formula is C26H31NO. The topological polar surface area (TPSA) is 20.3 Å². The van der Waals surface area contributed by atoms with Gasteiger partial charge >= 0.3 is 0 Å². The van der Waals surface area contributed by atoms with Crippen LogP contribution in [0.1, 0.15) is 49.9 Å². The van der Waals surface area contributed by atoms with Crippen LogP contribution in [0.15, 0.2) is 59.7 Å². The number of likely N-dealkylation sites (tertiary alicyclic amines) is 1. The van der Waals surface area contributed by atoms with E-state index in [0.717, 1.165) is 35.1 Å². The van der Waals surface area contributed by atoms with E-state index in [9.17, 15) is 4.79 Å². The number of benzene rings is 2. The van der Waals surface area contributed by atoms with E-state index < -0.39 is 0 Å². The van der Waals surface area contributed by atoms with Crippen LogP contribution in [0.5, 0.6) is 0 Å². The SMILES string of the molecule is CCc1ccc(C=C2CN(C(C)C)CC(=Cc3ccc(CC)cc3)C2=O)cc1. The third-order valence-corrected chi connectivity index (χ3v) is 5.52. The Morgan fingerprint density at radius 3 is 1.50 bits per heavy atom. The lowest BCUT2D eigenvalue weighted by molar-refractivity contribution is -0.113. The molecule has 146 valence electrons. The number of hydrogen-bond donors (Lipinski definition) is 0. The smallest absolute Gasteiger partial charge is 0.187 e. The number of ketones is 1. The zero-order chi connectivity index (χ0) is 20.1. The first-order chi connectivity index (χ1) is 13.5. The van der Waals surface area contributed by atoms with Crippen LogP contribution >= 0.6 is 0 Å². The van der Waals surface area contributed by atoms with Gasteiger partial charge in [0, 0.05) is 30.3 Å². The standard InChI is InChI=1S/C26H31NO/c1-5-20-7-11-22(12-8-20)15-24-17-27(19(3)4)18-25(26(24)28)16-23-13-9-21(6-2)10-14-23/h7-16,19H,5-6,17-18H2,1-4H3. The lowest BCUT2D eigenvalue weighted by Gasteiger charge is -2.32. The van der Waals surface area contributed by atoms with Crippen molar-refractivity contribution in [1.29, 1.82) is 0 Å². The monoisotopic (exact) mass is 373 g/mol. The van der Waals surface area contributed by atoms with Crippen molar-refractivity contribution in [3.63, 3.8) is 0 Å². The molecule has 1 aliphatic rings. The minimum Gasteiger partial charge on any atom is -0.292 e. The molecule has 0 aromatic heterocycles. The second-order valence-corrected chi connectivity index (χ2v) is 7.86. The predicted molar refractivity (Wildman–Crippen MR) is 119 cm³/mol. The van der Waals surface area contributed by atoms with Crippen molar-refractivity contribution in [1.82, 2.24) is 4.90 Å². The van der Waals surface area contributed by atoms with E-state index in [1.807, 2.05) is 0 Å². The van der Waals surface area contributed by atoms with E-state index in [1.54, 1.807) is 0 Å². The first-order valence-corrected chi connectivity index (χ1v) is 10.4. The van der Waals surface area contributed by atoms with Crippen LogP contribution in [-0.4, -0.2) is 29.8 Å². The molecule has 0 N–H and O–H groups in total. The van der Waals surface area contributed by atoms with Crippen molar-refractivity contribution >= 4 is 17.9 Å². The second-order valence-electron chi connectivity index (χ2n) is 7.86. The number of piperidine rings is 1. The summed E-state index contributed by atoms with van der Waals surface area (Å²) >= 11 is 0. The number of hydrogen-bond acceptors (Lipinski definition) is 2. The van der Waals surface area contributed by atoms with Crippen LogP contribution < -0.4 is 0 Å². The second kappa shape index (κ2) is 9.16. The Balaban J connectivity index is 1.92. The molecule has 2 aromatic rings. The van der Waals surface area contributed by atoms with Gasteiger partial charge in [0.15, 0.2) is 5.78 Å². The summed E-state index contributed by atoms with van der Waals surface area (Å²) < 4.78 is 0. The van der Waals surface area contributed by atoms with Crippen LogP contribution in [0.3, 0.4) is 0 Å². The maximum absolute atomic E-state index is 13.2. The maximum Gasteiger partial charge on any atom is 0.187 e. The Bertz CT molecular complexity index is 800. The molecule has 2 heteroatoms. The number of nitrogens with zero attached hydrogens (tertiary/aromatic N) is 1. The lowest BCUT2D eigenvalue weighted by Crippen LogP contribution is -2.41. The summed E-state index contributed by atoms with van der Waals surface area (Å²) in [5, 5.41) is 0. The van der Waals surface area contributed by atoms with Crippen molar-refractivity contribution in [3.05, 3.63) is 81.9 Å². The molecule has 2 aromatic carbocycles. The molecule has 28 heavy (non-hydrogen) atoms. The van der Waals surface area contributed by atoms with Gasteiger partial charge in [-0.1, -0.05) is 62.4 Å². The van der Waals surface area contributed by atoms with Gasteiger partial charge in [-0.25, -0.2) is 0 Å². The Morgan fingerprint density at radius 1 is 0.786 bits per heavy atom. The van der Waals surface area contributed by atoms with Crippen LogP contribution in [0, 0.1) is 0 Å². The summed E-state index contributed by atoms with van der Waals surface area (Å²) in [6.45, 7) is 10.1. The van der Waals surface area contributed by atoms with Gasteiger partial charge in [-0.05, 0) is 61.1 Å². The van der Waals surface area contributed by atoms with Gasteiger partial charge in [-0.15, -0.1) is 0 Å². The number of Topliss-reactive ketones (excluding diaryl/α,β-unsaturated/α-hetero) is 1. The Kier molecular flexibility index (Phi) is 6.64. The molecule has 0 atom stereocenters. The fraction of sp³-hybridized carbons (Fsp3) is 0.346. The molecule has 1 heterocycles. The molecule has 0 unspecified atom stereocenters. The summed E-state index contributed by atoms with van der Waals surface area (Å²) in [6, 6.07) is 17.4. The van der Waals surface area contributed by atoms with Gasteiger partial charge in [0.05, 0.1) is 0 Å². The average molecular weight is 374 g/mol. The molecule has 3 rings (SSSR count). The highest BCUT2D eigenvalue weighted by atomic mass is 16.1. The summed E-state index contributed by atoms with van der Waals surface area (Å²) in [7, 11) is 0. The molecular weight excluding hydrogens is 342 g/mol. The summed E-state index contributed by atoms with van der Waals surface area (Å²) in [5.74, 6) is 0.177. The van der Waals surface area contributed by atoms with E-state index in [-0.39, 0.29) is 5.78 Å². The van der Waals surface area contributed by atoms with E-state index in [2.05, 4.69) is 93.3 Å². The Hall–Kier alpha value is -2.45. The highest BCUT2D eigenvalue weighted by Crippen LogP contribution is 2.24. The first kappa shape index (κ1) is 20.3. The Morgan fingerprint density at radius 2 is 1.18 bits per heavy atom. The third kappa shape index (κ3) is 4.88. The van der Waals surface area contributed by atoms with Gasteiger partial charge < -0.3 is 0 Å². The first-order valence-electron chi connectivity index (χ1n) is 10.4. The normalized spacial score (nSPS) is 18.4. The van der Waals surface area contributed by atoms with Crippen LogP contribution in [0.25, 0.3) is 12.2 Å².